The minimum atomic E-state index is -0.321. The van der Waals surface area contributed by atoms with Gasteiger partial charge in [0.05, 0.1) is 11.5 Å². The molecule has 2 aromatic heterocycles. The number of carbonyl (C=O) groups is 2. The molecule has 0 saturated carbocycles. The maximum Gasteiger partial charge on any atom is 0.265 e. The van der Waals surface area contributed by atoms with Crippen molar-refractivity contribution in [2.24, 2.45) is 0 Å². The molecule has 1 aliphatic heterocycles. The Labute approximate surface area is 254 Å². The summed E-state index contributed by atoms with van der Waals surface area (Å²) in [5.41, 5.74) is 10.8. The summed E-state index contributed by atoms with van der Waals surface area (Å²) in [6.45, 7) is 1.22. The quantitative estimate of drug-likeness (QED) is 0.292. The lowest BCUT2D eigenvalue weighted by atomic mass is 9.99. The van der Waals surface area contributed by atoms with Gasteiger partial charge in [-0.2, -0.15) is 9.97 Å². The number of amides is 2. The number of carbonyl (C=O) groups excluding carboxylic acids is 2. The third-order valence-electron chi connectivity index (χ3n) is 8.24. The Hall–Kier alpha value is -4.19. The van der Waals surface area contributed by atoms with Crippen LogP contribution in [0.4, 0.5) is 11.6 Å². The van der Waals surface area contributed by atoms with Gasteiger partial charge in [0.1, 0.15) is 11.9 Å². The highest BCUT2D eigenvalue weighted by Gasteiger charge is 2.32. The van der Waals surface area contributed by atoms with E-state index in [9.17, 15) is 14.7 Å². The summed E-state index contributed by atoms with van der Waals surface area (Å²) in [7, 11) is 3.80. The van der Waals surface area contributed by atoms with Gasteiger partial charge in [0.25, 0.3) is 5.91 Å². The summed E-state index contributed by atoms with van der Waals surface area (Å²) in [6.07, 6.45) is 4.75. The molecule has 2 amide bonds. The molecule has 1 unspecified atom stereocenters. The van der Waals surface area contributed by atoms with E-state index in [1.165, 1.54) is 10.4 Å². The summed E-state index contributed by atoms with van der Waals surface area (Å²) < 4.78 is 0. The first-order chi connectivity index (χ1) is 20.8. The molecule has 222 valence electrons. The van der Waals surface area contributed by atoms with Gasteiger partial charge in [0.2, 0.25) is 11.9 Å². The number of rotatable bonds is 7. The maximum atomic E-state index is 13.2. The molecule has 4 aromatic rings. The first kappa shape index (κ1) is 28.9. The highest BCUT2D eigenvalue weighted by atomic mass is 32.1. The molecule has 11 heteroatoms. The van der Waals surface area contributed by atoms with Crippen LogP contribution in [0.25, 0.3) is 11.4 Å². The second-order valence-corrected chi connectivity index (χ2v) is 12.3. The maximum absolute atomic E-state index is 13.2. The predicted molar refractivity (Wildman–Crippen MR) is 167 cm³/mol. The molecule has 10 nitrogen and oxygen atoms in total. The van der Waals surface area contributed by atoms with Gasteiger partial charge in [-0.1, -0.05) is 36.4 Å². The first-order valence-electron chi connectivity index (χ1n) is 14.5. The SMILES string of the molecule is CN1CCN(C)C(c2ccc(Cc3nc(N)nc(-c4cccc(NC(=O)c5cc6c(s5)CCCC6)c4CO)n3)cc2)C1=O. The predicted octanol–water partition coefficient (Wildman–Crippen LogP) is 3.84. The second-order valence-electron chi connectivity index (χ2n) is 11.2. The van der Waals surface area contributed by atoms with Gasteiger partial charge in [-0.15, -0.1) is 11.3 Å². The van der Waals surface area contributed by atoms with Crippen molar-refractivity contribution in [1.29, 1.82) is 0 Å². The number of likely N-dealkylation sites (N-methyl/N-ethyl adjacent to an activating group) is 2. The van der Waals surface area contributed by atoms with Crippen LogP contribution in [-0.2, 0) is 30.7 Å². The first-order valence-corrected chi connectivity index (χ1v) is 15.3. The van der Waals surface area contributed by atoms with Gasteiger partial charge in [0.15, 0.2) is 5.82 Å². The number of nitrogens with one attached hydrogen (secondary N) is 1. The molecule has 1 aliphatic carbocycles. The van der Waals surface area contributed by atoms with E-state index < -0.39 is 0 Å². The molecule has 0 radical (unpaired) electrons. The van der Waals surface area contributed by atoms with Crippen molar-refractivity contribution in [3.8, 4) is 11.4 Å². The number of hydrogen-bond acceptors (Lipinski definition) is 9. The third kappa shape index (κ3) is 6.01. The summed E-state index contributed by atoms with van der Waals surface area (Å²) in [5, 5.41) is 13.3. The largest absolute Gasteiger partial charge is 0.392 e. The van der Waals surface area contributed by atoms with E-state index >= 15 is 0 Å². The van der Waals surface area contributed by atoms with E-state index in [1.54, 1.807) is 34.4 Å². The van der Waals surface area contributed by atoms with Crippen molar-refractivity contribution in [2.75, 3.05) is 38.2 Å². The van der Waals surface area contributed by atoms with Crippen LogP contribution in [0.15, 0.2) is 48.5 Å². The number of hydrogen-bond donors (Lipinski definition) is 3. The number of aromatic nitrogens is 3. The smallest absolute Gasteiger partial charge is 0.265 e. The monoisotopic (exact) mass is 597 g/mol. The van der Waals surface area contributed by atoms with Crippen molar-refractivity contribution >= 4 is 34.8 Å². The number of aliphatic hydroxyl groups is 1. The number of aliphatic hydroxyl groups excluding tert-OH is 1. The summed E-state index contributed by atoms with van der Waals surface area (Å²) in [5.74, 6) is 0.755. The zero-order chi connectivity index (χ0) is 30.1. The van der Waals surface area contributed by atoms with Crippen LogP contribution in [0.1, 0.15) is 61.5 Å². The van der Waals surface area contributed by atoms with E-state index in [1.807, 2.05) is 44.4 Å². The van der Waals surface area contributed by atoms with Crippen LogP contribution in [-0.4, -0.2) is 68.9 Å². The van der Waals surface area contributed by atoms with Gasteiger partial charge >= 0.3 is 0 Å². The highest BCUT2D eigenvalue weighted by Crippen LogP contribution is 2.32. The summed E-state index contributed by atoms with van der Waals surface area (Å²) in [4.78, 5) is 45.1. The number of thiophene rings is 1. The molecule has 43 heavy (non-hydrogen) atoms. The topological polar surface area (TPSA) is 138 Å². The molecule has 2 aromatic carbocycles. The number of benzene rings is 2. The molecule has 4 N–H and O–H groups in total. The minimum absolute atomic E-state index is 0.0663. The lowest BCUT2D eigenvalue weighted by Gasteiger charge is -2.37. The van der Waals surface area contributed by atoms with Crippen molar-refractivity contribution in [2.45, 2.75) is 44.8 Å². The van der Waals surface area contributed by atoms with Crippen LogP contribution in [0.3, 0.4) is 0 Å². The molecule has 0 bridgehead atoms. The normalized spacial score (nSPS) is 17.1. The van der Waals surface area contributed by atoms with Crippen molar-refractivity contribution in [1.82, 2.24) is 24.8 Å². The average molecular weight is 598 g/mol. The van der Waals surface area contributed by atoms with Crippen LogP contribution in [0.5, 0.6) is 0 Å². The Morgan fingerprint density at radius 3 is 2.63 bits per heavy atom. The molecule has 2 aliphatic rings. The molecular weight excluding hydrogens is 562 g/mol. The molecule has 1 atom stereocenters. The van der Waals surface area contributed by atoms with Crippen LogP contribution >= 0.6 is 11.3 Å². The number of piperazine rings is 1. The zero-order valence-electron chi connectivity index (χ0n) is 24.3. The van der Waals surface area contributed by atoms with Gasteiger partial charge in [-0.25, -0.2) is 4.98 Å². The number of aryl methyl sites for hydroxylation is 2. The van der Waals surface area contributed by atoms with Crippen molar-refractivity contribution in [3.05, 3.63) is 86.4 Å². The van der Waals surface area contributed by atoms with Crippen LogP contribution in [0, 0.1) is 0 Å². The number of anilines is 2. The standard InChI is InChI=1S/C32H35N7O3S/c1-38-14-15-39(2)31(42)28(38)20-12-10-19(11-13-20)16-27-35-29(37-32(33)36-27)22-7-5-8-24(23(22)18-40)34-30(41)26-17-21-6-3-4-9-25(21)43-26/h5,7-8,10-13,17,28,40H,3-4,6,9,14-16,18H2,1-2H3,(H,34,41)(H2,33,35,36,37). The zero-order valence-corrected chi connectivity index (χ0v) is 25.2. The van der Waals surface area contributed by atoms with Gasteiger partial charge in [-0.3, -0.25) is 14.5 Å². The molecule has 6 rings (SSSR count). The van der Waals surface area contributed by atoms with E-state index in [-0.39, 0.29) is 30.4 Å². The Bertz CT molecular complexity index is 1650. The lowest BCUT2D eigenvalue weighted by Crippen LogP contribution is -2.48. The number of fused-ring (bicyclic) bond motifs is 1. The Kier molecular flexibility index (Phi) is 8.20. The Morgan fingerprint density at radius 1 is 1.07 bits per heavy atom. The highest BCUT2D eigenvalue weighted by molar-refractivity contribution is 7.14. The van der Waals surface area contributed by atoms with E-state index in [2.05, 4.69) is 25.2 Å². The fourth-order valence-electron chi connectivity index (χ4n) is 5.85. The number of nitrogens with two attached hydrogens (primary N) is 1. The second kappa shape index (κ2) is 12.2. The third-order valence-corrected chi connectivity index (χ3v) is 9.48. The van der Waals surface area contributed by atoms with E-state index in [0.717, 1.165) is 49.9 Å². The summed E-state index contributed by atoms with van der Waals surface area (Å²) in [6, 6.07) is 14.9. The minimum Gasteiger partial charge on any atom is -0.392 e. The molecule has 1 fully saturated rings. The van der Waals surface area contributed by atoms with Gasteiger partial charge < -0.3 is 21.1 Å². The molecule has 1 saturated heterocycles. The Morgan fingerprint density at radius 2 is 1.86 bits per heavy atom. The Balaban J connectivity index is 1.23. The molecule has 0 spiro atoms. The van der Waals surface area contributed by atoms with Gasteiger partial charge in [-0.05, 0) is 61.6 Å². The van der Waals surface area contributed by atoms with Gasteiger partial charge in [0, 0.05) is 48.2 Å². The van der Waals surface area contributed by atoms with Crippen molar-refractivity contribution in [3.63, 3.8) is 0 Å². The van der Waals surface area contributed by atoms with E-state index in [0.29, 0.717) is 39.8 Å². The summed E-state index contributed by atoms with van der Waals surface area (Å²) >= 11 is 1.55. The number of nitrogens with zero attached hydrogens (tertiary/aromatic N) is 5. The molecule has 3 heterocycles. The van der Waals surface area contributed by atoms with Crippen LogP contribution < -0.4 is 11.1 Å². The van der Waals surface area contributed by atoms with Crippen molar-refractivity contribution < 1.29 is 14.7 Å². The fraction of sp³-hybridized carbons (Fsp3) is 0.344. The van der Waals surface area contributed by atoms with Crippen LogP contribution in [0.2, 0.25) is 0 Å². The average Bonchev–Trinajstić information content (AvgIpc) is 3.44. The number of nitrogen functional groups attached to an aromatic ring is 1. The molecular formula is C32H35N7O3S. The fourth-order valence-corrected chi connectivity index (χ4v) is 7.00. The lowest BCUT2D eigenvalue weighted by molar-refractivity contribution is -0.139. The van der Waals surface area contributed by atoms with E-state index in [4.69, 9.17) is 5.73 Å².